The van der Waals surface area contributed by atoms with Gasteiger partial charge in [-0.1, -0.05) is 86.3 Å². The van der Waals surface area contributed by atoms with Crippen LogP contribution < -0.4 is 11.1 Å². The smallest absolute Gasteiger partial charge is 0.407 e. The molecule has 0 unspecified atom stereocenters. The minimum absolute atomic E-state index is 0. The van der Waals surface area contributed by atoms with Crippen molar-refractivity contribution in [3.63, 3.8) is 0 Å². The molecular weight excluding hydrogens is 440 g/mol. The molecule has 3 aromatic carbocycles. The van der Waals surface area contributed by atoms with Gasteiger partial charge in [0.2, 0.25) is 0 Å². The van der Waals surface area contributed by atoms with Gasteiger partial charge in [-0.2, -0.15) is 0 Å². The molecule has 6 heteroatoms. The van der Waals surface area contributed by atoms with Crippen molar-refractivity contribution in [2.24, 2.45) is 0 Å². The number of amides is 1. The van der Waals surface area contributed by atoms with Crippen molar-refractivity contribution in [3.8, 4) is 11.1 Å². The highest BCUT2D eigenvalue weighted by molar-refractivity contribution is 5.82. The number of hydrogen-bond donors (Lipinski definition) is 2. The molecular formula is C29H35N2O4+. The van der Waals surface area contributed by atoms with E-state index in [4.69, 9.17) is 9.47 Å². The molecule has 0 saturated carbocycles. The Morgan fingerprint density at radius 1 is 0.829 bits per heavy atom. The maximum absolute atomic E-state index is 12.7. The minimum Gasteiger partial charge on any atom is -0.459 e. The zero-order chi connectivity index (χ0) is 23.8. The Bertz CT molecular complexity index is 1070. The number of hydrogen-bond acceptors (Lipinski definition) is 4. The van der Waals surface area contributed by atoms with Gasteiger partial charge >= 0.3 is 12.1 Å². The summed E-state index contributed by atoms with van der Waals surface area (Å²) in [6, 6.07) is 25.1. The summed E-state index contributed by atoms with van der Waals surface area (Å²) in [5.74, 6) is -0.491. The number of carbonyl (C=O) groups is 2. The van der Waals surface area contributed by atoms with Crippen LogP contribution in [0.3, 0.4) is 0 Å². The second-order valence-electron chi connectivity index (χ2n) is 8.47. The molecule has 4 N–H and O–H groups in total. The van der Waals surface area contributed by atoms with E-state index in [9.17, 15) is 9.59 Å². The van der Waals surface area contributed by atoms with Crippen LogP contribution in [0.25, 0.3) is 11.1 Å². The molecule has 0 aliphatic heterocycles. The Morgan fingerprint density at radius 2 is 1.43 bits per heavy atom. The molecule has 1 atom stereocenters. The third kappa shape index (κ3) is 6.49. The van der Waals surface area contributed by atoms with E-state index in [1.54, 1.807) is 0 Å². The first-order chi connectivity index (χ1) is 16.7. The van der Waals surface area contributed by atoms with Crippen LogP contribution in [-0.4, -0.2) is 31.3 Å². The Hall–Kier alpha value is -3.64. The van der Waals surface area contributed by atoms with Gasteiger partial charge in [-0.25, -0.2) is 9.59 Å². The summed E-state index contributed by atoms with van der Waals surface area (Å²) in [7, 11) is 0. The highest BCUT2D eigenvalue weighted by Crippen LogP contribution is 2.44. The molecule has 35 heavy (non-hydrogen) atoms. The van der Waals surface area contributed by atoms with E-state index < -0.39 is 18.1 Å². The summed E-state index contributed by atoms with van der Waals surface area (Å²) >= 11 is 0. The lowest BCUT2D eigenvalue weighted by atomic mass is 9.98. The number of carbonyl (C=O) groups excluding carboxylic acids is 2. The molecule has 0 fully saturated rings. The first kappa shape index (κ1) is 26.0. The fourth-order valence-electron chi connectivity index (χ4n) is 4.39. The molecule has 1 aliphatic rings. The van der Waals surface area contributed by atoms with Gasteiger partial charge in [-0.05, 0) is 47.1 Å². The first-order valence-corrected chi connectivity index (χ1v) is 11.8. The van der Waals surface area contributed by atoms with Crippen molar-refractivity contribution in [1.29, 1.82) is 0 Å². The number of esters is 1. The molecule has 0 aromatic heterocycles. The molecule has 6 nitrogen and oxygen atoms in total. The van der Waals surface area contributed by atoms with Gasteiger partial charge < -0.3 is 20.5 Å². The monoisotopic (exact) mass is 475 g/mol. The predicted octanol–water partition coefficient (Wildman–Crippen LogP) is 4.69. The van der Waals surface area contributed by atoms with Gasteiger partial charge in [0.25, 0.3) is 0 Å². The lowest BCUT2D eigenvalue weighted by molar-refractivity contribution is -0.368. The Morgan fingerprint density at radius 3 is 2.06 bits per heavy atom. The average molecular weight is 476 g/mol. The molecule has 1 amide bonds. The summed E-state index contributed by atoms with van der Waals surface area (Å²) in [5.41, 5.74) is 9.37. The SMILES string of the molecule is C.[NH3+]CCCC[C@@H](NC(=O)OCC1c2ccccc2-c2ccccc21)C(=O)OCc1ccccc1. The van der Waals surface area contributed by atoms with Crippen molar-refractivity contribution in [2.45, 2.75) is 45.3 Å². The van der Waals surface area contributed by atoms with E-state index in [0.717, 1.165) is 36.1 Å². The number of ether oxygens (including phenoxy) is 2. The lowest BCUT2D eigenvalue weighted by Gasteiger charge is -2.19. The molecule has 4 rings (SSSR count). The maximum atomic E-state index is 12.7. The van der Waals surface area contributed by atoms with Crippen molar-refractivity contribution in [1.82, 2.24) is 5.32 Å². The number of nitrogens with one attached hydrogen (secondary N) is 1. The van der Waals surface area contributed by atoms with Crippen LogP contribution in [-0.2, 0) is 20.9 Å². The fraction of sp³-hybridized carbons (Fsp3) is 0.310. The van der Waals surface area contributed by atoms with Crippen LogP contribution in [0.4, 0.5) is 4.79 Å². The molecule has 0 saturated heterocycles. The predicted molar refractivity (Wildman–Crippen MR) is 137 cm³/mol. The maximum Gasteiger partial charge on any atom is 0.407 e. The minimum atomic E-state index is -0.758. The topological polar surface area (TPSA) is 92.3 Å². The summed E-state index contributed by atoms with van der Waals surface area (Å²) in [6.45, 7) is 1.14. The normalized spacial score (nSPS) is 12.6. The van der Waals surface area contributed by atoms with Crippen LogP contribution in [0.2, 0.25) is 0 Å². The molecule has 184 valence electrons. The highest BCUT2D eigenvalue weighted by atomic mass is 16.6. The number of quaternary nitrogens is 1. The van der Waals surface area contributed by atoms with Crippen molar-refractivity contribution in [2.75, 3.05) is 13.2 Å². The van der Waals surface area contributed by atoms with E-state index in [1.165, 1.54) is 11.1 Å². The van der Waals surface area contributed by atoms with Crippen molar-refractivity contribution in [3.05, 3.63) is 95.6 Å². The van der Waals surface area contributed by atoms with E-state index in [1.807, 2.05) is 54.6 Å². The quantitative estimate of drug-likeness (QED) is 0.329. The Balaban J connectivity index is 0.00000342. The Kier molecular flexibility index (Phi) is 9.44. The molecule has 0 spiro atoms. The third-order valence-corrected chi connectivity index (χ3v) is 6.14. The molecule has 0 radical (unpaired) electrons. The highest BCUT2D eigenvalue weighted by Gasteiger charge is 2.30. The van der Waals surface area contributed by atoms with E-state index >= 15 is 0 Å². The van der Waals surface area contributed by atoms with E-state index in [0.29, 0.717) is 6.42 Å². The number of benzene rings is 3. The number of alkyl carbamates (subject to hydrolysis) is 1. The fourth-order valence-corrected chi connectivity index (χ4v) is 4.39. The molecule has 1 aliphatic carbocycles. The average Bonchev–Trinajstić information content (AvgIpc) is 3.20. The summed E-state index contributed by atoms with van der Waals surface area (Å²) in [5, 5.41) is 2.73. The molecule has 0 heterocycles. The van der Waals surface area contributed by atoms with Crippen LogP contribution in [0.15, 0.2) is 78.9 Å². The van der Waals surface area contributed by atoms with Crippen LogP contribution in [0.5, 0.6) is 0 Å². The van der Waals surface area contributed by atoms with Gasteiger partial charge in [-0.15, -0.1) is 0 Å². The summed E-state index contributed by atoms with van der Waals surface area (Å²) < 4.78 is 11.1. The number of rotatable bonds is 10. The second-order valence-corrected chi connectivity index (χ2v) is 8.47. The summed E-state index contributed by atoms with van der Waals surface area (Å²) in [6.07, 6.45) is 1.50. The number of unbranched alkanes of at least 4 members (excludes halogenated alkanes) is 1. The standard InChI is InChI=1S/C28H30N2O4.CH4/c29-17-9-8-16-26(27(31)33-18-20-10-2-1-3-11-20)30-28(32)34-19-25-23-14-6-4-12-21(23)22-13-5-7-15-24(22)25;/h1-7,10-15,25-26H,8-9,16-19,29H2,(H,30,32);1H4/p+1/t26-;/m1./s1. The summed E-state index contributed by atoms with van der Waals surface area (Å²) in [4.78, 5) is 25.4. The van der Waals surface area contributed by atoms with Crippen molar-refractivity contribution >= 4 is 12.1 Å². The molecule has 0 bridgehead atoms. The van der Waals surface area contributed by atoms with Gasteiger partial charge in [0.1, 0.15) is 19.3 Å². The van der Waals surface area contributed by atoms with E-state index in [-0.39, 0.29) is 26.6 Å². The van der Waals surface area contributed by atoms with Gasteiger partial charge in [-0.3, -0.25) is 0 Å². The van der Waals surface area contributed by atoms with Gasteiger partial charge in [0.05, 0.1) is 6.54 Å². The largest absolute Gasteiger partial charge is 0.459 e. The van der Waals surface area contributed by atoms with Crippen LogP contribution >= 0.6 is 0 Å². The van der Waals surface area contributed by atoms with Gasteiger partial charge in [0.15, 0.2) is 0 Å². The number of fused-ring (bicyclic) bond motifs is 3. The Labute approximate surface area is 207 Å². The zero-order valence-corrected chi connectivity index (χ0v) is 19.2. The van der Waals surface area contributed by atoms with Crippen LogP contribution in [0.1, 0.15) is 49.3 Å². The van der Waals surface area contributed by atoms with E-state index in [2.05, 4.69) is 35.3 Å². The lowest BCUT2D eigenvalue weighted by Crippen LogP contribution is -2.50. The second kappa shape index (κ2) is 12.7. The first-order valence-electron chi connectivity index (χ1n) is 11.8. The van der Waals surface area contributed by atoms with Crippen LogP contribution in [0, 0.1) is 0 Å². The van der Waals surface area contributed by atoms with Crippen molar-refractivity contribution < 1.29 is 24.8 Å². The molecule has 3 aromatic rings. The van der Waals surface area contributed by atoms with Gasteiger partial charge in [0, 0.05) is 5.92 Å². The third-order valence-electron chi connectivity index (χ3n) is 6.14. The zero-order valence-electron chi connectivity index (χ0n) is 19.2.